The molecular formula is C19H28ClN3O2. The van der Waals surface area contributed by atoms with Gasteiger partial charge in [-0.25, -0.2) is 0 Å². The number of fused-ring (bicyclic) bond motifs is 1. The monoisotopic (exact) mass is 365 g/mol. The first-order valence-electron chi connectivity index (χ1n) is 9.24. The van der Waals surface area contributed by atoms with E-state index in [1.54, 1.807) is 6.07 Å². The summed E-state index contributed by atoms with van der Waals surface area (Å²) in [6, 6.07) is 7.46. The molecular weight excluding hydrogens is 338 g/mol. The molecule has 2 heterocycles. The molecule has 0 radical (unpaired) electrons. The lowest BCUT2D eigenvalue weighted by atomic mass is 9.67. The normalized spacial score (nSPS) is 29.0. The summed E-state index contributed by atoms with van der Waals surface area (Å²) >= 11 is 0. The molecule has 138 valence electrons. The van der Waals surface area contributed by atoms with Crippen LogP contribution in [0.1, 0.15) is 25.7 Å². The summed E-state index contributed by atoms with van der Waals surface area (Å²) in [7, 11) is 0. The molecule has 1 aromatic carbocycles. The number of carbonyl (C=O) groups excluding carboxylic acids is 1. The van der Waals surface area contributed by atoms with Crippen molar-refractivity contribution in [1.29, 1.82) is 0 Å². The highest BCUT2D eigenvalue weighted by molar-refractivity contribution is 5.85. The van der Waals surface area contributed by atoms with Gasteiger partial charge in [0.15, 0.2) is 0 Å². The smallest absolute Gasteiger partial charge is 0.230 e. The van der Waals surface area contributed by atoms with Crippen molar-refractivity contribution < 1.29 is 9.90 Å². The van der Waals surface area contributed by atoms with Gasteiger partial charge in [0, 0.05) is 32.7 Å². The molecule has 0 spiro atoms. The molecule has 0 bridgehead atoms. The number of carbonyl (C=O) groups is 1. The standard InChI is InChI=1S/C19H27N3O2.ClH/c23-17-7-2-1-6-16(17)21-9-11-22(12-10-21)18(24)19-8-4-3-5-15(19)13-20-14-19;/h1-2,6-7,15,20,23H,3-5,8-14H2;1H/t15-,19+;/m0./s1. The number of para-hydroxylation sites is 2. The quantitative estimate of drug-likeness (QED) is 0.844. The van der Waals surface area contributed by atoms with Gasteiger partial charge in [-0.3, -0.25) is 4.79 Å². The average Bonchev–Trinajstić information content (AvgIpc) is 3.07. The van der Waals surface area contributed by atoms with E-state index in [9.17, 15) is 9.90 Å². The van der Waals surface area contributed by atoms with Crippen molar-refractivity contribution in [2.45, 2.75) is 25.7 Å². The highest BCUT2D eigenvalue weighted by Crippen LogP contribution is 2.45. The number of rotatable bonds is 2. The van der Waals surface area contributed by atoms with Gasteiger partial charge in [-0.15, -0.1) is 12.4 Å². The second kappa shape index (κ2) is 7.42. The van der Waals surface area contributed by atoms with Crippen LogP contribution in [0.5, 0.6) is 5.75 Å². The number of nitrogens with one attached hydrogen (secondary N) is 1. The van der Waals surface area contributed by atoms with Gasteiger partial charge in [-0.05, 0) is 37.4 Å². The Labute approximate surface area is 155 Å². The number of nitrogens with zero attached hydrogens (tertiary/aromatic N) is 2. The molecule has 2 atom stereocenters. The van der Waals surface area contributed by atoms with Crippen molar-refractivity contribution in [2.24, 2.45) is 11.3 Å². The Morgan fingerprint density at radius 3 is 2.68 bits per heavy atom. The number of hydrogen-bond donors (Lipinski definition) is 2. The molecule has 2 aliphatic heterocycles. The van der Waals surface area contributed by atoms with Gasteiger partial charge >= 0.3 is 0 Å². The Bertz CT molecular complexity index is 618. The maximum absolute atomic E-state index is 13.3. The van der Waals surface area contributed by atoms with Crippen LogP contribution in [-0.4, -0.2) is 55.2 Å². The third-order valence-electron chi connectivity index (χ3n) is 6.25. The first-order chi connectivity index (χ1) is 11.7. The van der Waals surface area contributed by atoms with Gasteiger partial charge in [0.25, 0.3) is 0 Å². The lowest BCUT2D eigenvalue weighted by Crippen LogP contribution is -2.56. The van der Waals surface area contributed by atoms with Crippen molar-refractivity contribution in [2.75, 3.05) is 44.2 Å². The summed E-state index contributed by atoms with van der Waals surface area (Å²) in [5.74, 6) is 1.22. The molecule has 1 aromatic rings. The molecule has 2 saturated heterocycles. The van der Waals surface area contributed by atoms with Crippen LogP contribution in [0.2, 0.25) is 0 Å². The lowest BCUT2D eigenvalue weighted by Gasteiger charge is -2.44. The zero-order valence-corrected chi connectivity index (χ0v) is 15.4. The van der Waals surface area contributed by atoms with Crippen LogP contribution in [0.3, 0.4) is 0 Å². The van der Waals surface area contributed by atoms with E-state index in [2.05, 4.69) is 15.1 Å². The van der Waals surface area contributed by atoms with Crippen molar-refractivity contribution in [3.05, 3.63) is 24.3 Å². The molecule has 1 aliphatic carbocycles. The van der Waals surface area contributed by atoms with E-state index in [4.69, 9.17) is 0 Å². The zero-order valence-electron chi connectivity index (χ0n) is 14.6. The van der Waals surface area contributed by atoms with Crippen LogP contribution in [0, 0.1) is 11.3 Å². The SMILES string of the molecule is Cl.O=C(N1CCN(c2ccccc2O)CC1)[C@@]12CCCC[C@H]1CNC2. The number of hydrogen-bond acceptors (Lipinski definition) is 4. The van der Waals surface area contributed by atoms with Crippen LogP contribution in [0.15, 0.2) is 24.3 Å². The van der Waals surface area contributed by atoms with Crippen molar-refractivity contribution in [1.82, 2.24) is 10.2 Å². The number of piperazine rings is 1. The van der Waals surface area contributed by atoms with Crippen molar-refractivity contribution >= 4 is 24.0 Å². The molecule has 4 rings (SSSR count). The number of aromatic hydroxyl groups is 1. The first kappa shape index (κ1) is 18.3. The highest BCUT2D eigenvalue weighted by Gasteiger charge is 2.51. The van der Waals surface area contributed by atoms with Gasteiger partial charge in [0.1, 0.15) is 5.75 Å². The van der Waals surface area contributed by atoms with Crippen molar-refractivity contribution in [3.63, 3.8) is 0 Å². The Kier molecular flexibility index (Phi) is 5.44. The highest BCUT2D eigenvalue weighted by atomic mass is 35.5. The third kappa shape index (κ3) is 3.20. The van der Waals surface area contributed by atoms with Crippen LogP contribution in [0.25, 0.3) is 0 Å². The maximum atomic E-state index is 13.3. The van der Waals surface area contributed by atoms with Crippen LogP contribution in [0.4, 0.5) is 5.69 Å². The van der Waals surface area contributed by atoms with E-state index >= 15 is 0 Å². The predicted octanol–water partition coefficient (Wildman–Crippen LogP) is 2.24. The first-order valence-corrected chi connectivity index (χ1v) is 9.24. The molecule has 5 nitrogen and oxygen atoms in total. The van der Waals surface area contributed by atoms with Gasteiger partial charge in [-0.1, -0.05) is 25.0 Å². The molecule has 2 N–H and O–H groups in total. The summed E-state index contributed by atoms with van der Waals surface area (Å²) < 4.78 is 0. The molecule has 0 unspecified atom stereocenters. The second-order valence-electron chi connectivity index (χ2n) is 7.50. The van der Waals surface area contributed by atoms with Gasteiger partial charge < -0.3 is 20.2 Å². The average molecular weight is 366 g/mol. The van der Waals surface area contributed by atoms with Gasteiger partial charge in [-0.2, -0.15) is 0 Å². The fourth-order valence-corrected chi connectivity index (χ4v) is 4.87. The summed E-state index contributed by atoms with van der Waals surface area (Å²) in [6.45, 7) is 4.94. The summed E-state index contributed by atoms with van der Waals surface area (Å²) in [4.78, 5) is 17.5. The predicted molar refractivity (Wildman–Crippen MR) is 101 cm³/mol. The van der Waals surface area contributed by atoms with E-state index in [0.29, 0.717) is 17.6 Å². The third-order valence-corrected chi connectivity index (χ3v) is 6.25. The minimum Gasteiger partial charge on any atom is -0.506 e. The van der Waals surface area contributed by atoms with E-state index in [-0.39, 0.29) is 17.8 Å². The van der Waals surface area contributed by atoms with Crippen LogP contribution in [-0.2, 0) is 4.79 Å². The molecule has 1 amide bonds. The number of phenols is 1. The Balaban J connectivity index is 0.00000182. The zero-order chi connectivity index (χ0) is 16.6. The molecule has 3 aliphatic rings. The fourth-order valence-electron chi connectivity index (χ4n) is 4.87. The number of phenolic OH excluding ortho intramolecular Hbond substituents is 1. The number of benzene rings is 1. The van der Waals surface area contributed by atoms with Gasteiger partial charge in [0.2, 0.25) is 5.91 Å². The lowest BCUT2D eigenvalue weighted by molar-refractivity contribution is -0.145. The van der Waals surface area contributed by atoms with Crippen LogP contribution < -0.4 is 10.2 Å². The fraction of sp³-hybridized carbons (Fsp3) is 0.632. The molecule has 6 heteroatoms. The molecule has 0 aromatic heterocycles. The Morgan fingerprint density at radius 2 is 1.92 bits per heavy atom. The van der Waals surface area contributed by atoms with E-state index in [1.807, 2.05) is 18.2 Å². The molecule has 25 heavy (non-hydrogen) atoms. The summed E-state index contributed by atoms with van der Waals surface area (Å²) in [5.41, 5.74) is 0.732. The Hall–Kier alpha value is -1.46. The molecule has 3 fully saturated rings. The largest absolute Gasteiger partial charge is 0.506 e. The molecule has 1 saturated carbocycles. The van der Waals surface area contributed by atoms with E-state index < -0.39 is 0 Å². The van der Waals surface area contributed by atoms with Crippen molar-refractivity contribution in [3.8, 4) is 5.75 Å². The topological polar surface area (TPSA) is 55.8 Å². The minimum absolute atomic E-state index is 0. The second-order valence-corrected chi connectivity index (χ2v) is 7.50. The Morgan fingerprint density at radius 1 is 1.16 bits per heavy atom. The maximum Gasteiger partial charge on any atom is 0.230 e. The van der Waals surface area contributed by atoms with E-state index in [1.165, 1.54) is 19.3 Å². The number of halogens is 1. The minimum atomic E-state index is -0.144. The number of anilines is 1. The summed E-state index contributed by atoms with van der Waals surface area (Å²) in [6.07, 6.45) is 4.68. The summed E-state index contributed by atoms with van der Waals surface area (Å²) in [5, 5.41) is 13.5. The van der Waals surface area contributed by atoms with E-state index in [0.717, 1.165) is 51.4 Å². The van der Waals surface area contributed by atoms with Gasteiger partial charge in [0.05, 0.1) is 11.1 Å². The van der Waals surface area contributed by atoms with Crippen LogP contribution >= 0.6 is 12.4 Å². The number of amides is 1.